The Balaban J connectivity index is 1.90. The van der Waals surface area contributed by atoms with Crippen LogP contribution in [-0.4, -0.2) is 81.6 Å². The van der Waals surface area contributed by atoms with E-state index < -0.39 is 33.5 Å². The van der Waals surface area contributed by atoms with Crippen molar-refractivity contribution >= 4 is 76.3 Å². The van der Waals surface area contributed by atoms with E-state index in [4.69, 9.17) is 28.4 Å². The van der Waals surface area contributed by atoms with Gasteiger partial charge in [0.25, 0.3) is 5.91 Å². The van der Waals surface area contributed by atoms with E-state index in [1.54, 1.807) is 61.2 Å². The van der Waals surface area contributed by atoms with Crippen LogP contribution in [0, 0.1) is 0 Å². The van der Waals surface area contributed by atoms with Gasteiger partial charge in [-0.15, -0.1) is 0 Å². The SMILES string of the molecule is CCOc1cccc2c1N(C(=O)c1ccc(OC)cc1)C(C)(C)C1=C2C2(SC(C(=O)OC)=C(C(=O)OC)S2)C(C(=O)OC)=C(C(=O)OC)S1. The Hall–Kier alpha value is -4.34. The second-order valence-electron chi connectivity index (χ2n) is 11.0. The van der Waals surface area contributed by atoms with E-state index in [0.717, 1.165) is 56.6 Å². The van der Waals surface area contributed by atoms with Gasteiger partial charge in [0.2, 0.25) is 0 Å². The molecule has 15 heteroatoms. The standard InChI is InChI=1S/C34H33NO11S3/c1-9-46-20-12-10-11-19-21-27(33(2,3)35(23(19)20)28(36)17-13-15-18(41-4)16-14-17)47-24(30(38)43-6)22(29(37)42-5)34(21)48-25(31(39)44-7)26(49-34)32(40)45-8/h10-16H,9H2,1-8H3. The van der Waals surface area contributed by atoms with Crippen LogP contribution in [0.3, 0.4) is 0 Å². The molecule has 0 atom stereocenters. The topological polar surface area (TPSA) is 144 Å². The van der Waals surface area contributed by atoms with E-state index in [9.17, 15) is 24.0 Å². The normalized spacial score (nSPS) is 17.3. The fourth-order valence-electron chi connectivity index (χ4n) is 5.81. The zero-order valence-corrected chi connectivity index (χ0v) is 30.4. The number of hydrogen-bond acceptors (Lipinski definition) is 14. The zero-order valence-electron chi connectivity index (χ0n) is 27.9. The molecule has 2 aromatic rings. The second-order valence-corrected chi connectivity index (χ2v) is 14.7. The maximum absolute atomic E-state index is 14.7. The highest BCUT2D eigenvalue weighted by Crippen LogP contribution is 2.71. The van der Waals surface area contributed by atoms with Gasteiger partial charge in [0.15, 0.2) is 0 Å². The number of para-hydroxylation sites is 1. The van der Waals surface area contributed by atoms with Gasteiger partial charge in [0.05, 0.1) is 59.0 Å². The van der Waals surface area contributed by atoms with Crippen LogP contribution in [0.2, 0.25) is 0 Å². The molecule has 0 radical (unpaired) electrons. The van der Waals surface area contributed by atoms with Crippen molar-refractivity contribution in [2.45, 2.75) is 30.4 Å². The molecule has 1 amide bonds. The summed E-state index contributed by atoms with van der Waals surface area (Å²) in [7, 11) is 6.18. The van der Waals surface area contributed by atoms with Gasteiger partial charge in [-0.2, -0.15) is 0 Å². The number of carbonyl (C=O) groups excluding carboxylic acids is 5. The Labute approximate surface area is 295 Å². The third-order valence-corrected chi connectivity index (χ3v) is 12.6. The molecule has 1 spiro atoms. The van der Waals surface area contributed by atoms with Crippen molar-refractivity contribution in [1.82, 2.24) is 0 Å². The summed E-state index contributed by atoms with van der Waals surface area (Å²) in [5.41, 5.74) is 0.214. The second kappa shape index (κ2) is 13.9. The maximum atomic E-state index is 14.7. The first-order chi connectivity index (χ1) is 23.4. The van der Waals surface area contributed by atoms with Crippen LogP contribution < -0.4 is 14.4 Å². The number of ether oxygens (including phenoxy) is 6. The molecular formula is C34H33NO11S3. The molecule has 0 saturated carbocycles. The number of fused-ring (bicyclic) bond motifs is 3. The van der Waals surface area contributed by atoms with E-state index in [1.807, 2.05) is 6.92 Å². The van der Waals surface area contributed by atoms with Crippen LogP contribution in [0.5, 0.6) is 11.5 Å². The molecule has 0 aromatic heterocycles. The Morgan fingerprint density at radius 3 is 1.80 bits per heavy atom. The number of benzene rings is 2. The Kier molecular flexibility index (Phi) is 10.2. The number of anilines is 1. The first-order valence-corrected chi connectivity index (χ1v) is 17.2. The van der Waals surface area contributed by atoms with E-state index in [0.29, 0.717) is 38.8 Å². The molecule has 12 nitrogen and oxygen atoms in total. The lowest BCUT2D eigenvalue weighted by atomic mass is 9.82. The van der Waals surface area contributed by atoms with E-state index in [2.05, 4.69) is 0 Å². The summed E-state index contributed by atoms with van der Waals surface area (Å²) in [6.45, 7) is 5.67. The minimum Gasteiger partial charge on any atom is -0.497 e. The van der Waals surface area contributed by atoms with Gasteiger partial charge in [-0.3, -0.25) is 9.69 Å². The van der Waals surface area contributed by atoms with Crippen LogP contribution >= 0.6 is 35.3 Å². The molecule has 2 aromatic carbocycles. The van der Waals surface area contributed by atoms with E-state index in [-0.39, 0.29) is 32.8 Å². The number of thioether (sulfide) groups is 3. The van der Waals surface area contributed by atoms with Crippen LogP contribution in [0.4, 0.5) is 5.69 Å². The minimum absolute atomic E-state index is 0.138. The summed E-state index contributed by atoms with van der Waals surface area (Å²) in [6.07, 6.45) is 0. The highest BCUT2D eigenvalue weighted by molar-refractivity contribution is 8.26. The molecule has 0 unspecified atom stereocenters. The highest BCUT2D eigenvalue weighted by Gasteiger charge is 2.62. The largest absolute Gasteiger partial charge is 0.497 e. The number of esters is 4. The van der Waals surface area contributed by atoms with Crippen molar-refractivity contribution in [3.63, 3.8) is 0 Å². The summed E-state index contributed by atoms with van der Waals surface area (Å²) < 4.78 is 30.2. The van der Waals surface area contributed by atoms with Gasteiger partial charge >= 0.3 is 23.9 Å². The summed E-state index contributed by atoms with van der Waals surface area (Å²) in [5.74, 6) is -2.92. The first kappa shape index (κ1) is 36.0. The Morgan fingerprint density at radius 1 is 0.735 bits per heavy atom. The lowest BCUT2D eigenvalue weighted by molar-refractivity contribution is -0.138. The van der Waals surface area contributed by atoms with Gasteiger partial charge in [-0.1, -0.05) is 47.4 Å². The Bertz CT molecular complexity index is 1830. The highest BCUT2D eigenvalue weighted by atomic mass is 32.2. The van der Waals surface area contributed by atoms with Gasteiger partial charge in [-0.25, -0.2) is 19.2 Å². The molecule has 0 fully saturated rings. The van der Waals surface area contributed by atoms with Crippen LogP contribution in [0.1, 0.15) is 36.7 Å². The van der Waals surface area contributed by atoms with Crippen molar-refractivity contribution in [2.24, 2.45) is 0 Å². The number of methoxy groups -OCH3 is 5. The van der Waals surface area contributed by atoms with Crippen LogP contribution in [-0.2, 0) is 38.1 Å². The summed E-state index contributed by atoms with van der Waals surface area (Å²) in [4.78, 5) is 70.3. The smallest absolute Gasteiger partial charge is 0.345 e. The summed E-state index contributed by atoms with van der Waals surface area (Å²) in [5, 5.41) is 0. The van der Waals surface area contributed by atoms with Gasteiger partial charge < -0.3 is 28.4 Å². The minimum atomic E-state index is -1.71. The lowest BCUT2D eigenvalue weighted by Crippen LogP contribution is -2.54. The number of rotatable bonds is 8. The van der Waals surface area contributed by atoms with Gasteiger partial charge in [0, 0.05) is 21.6 Å². The fourth-order valence-corrected chi connectivity index (χ4v) is 10.9. The molecule has 0 bridgehead atoms. The molecule has 0 saturated heterocycles. The lowest BCUT2D eigenvalue weighted by Gasteiger charge is -2.51. The molecule has 3 aliphatic heterocycles. The summed E-state index contributed by atoms with van der Waals surface area (Å²) in [6, 6.07) is 11.9. The molecule has 0 N–H and O–H groups in total. The molecule has 3 aliphatic rings. The average molecular weight is 728 g/mol. The van der Waals surface area contributed by atoms with Crippen molar-refractivity contribution < 1.29 is 52.4 Å². The van der Waals surface area contributed by atoms with Crippen molar-refractivity contribution in [1.29, 1.82) is 0 Å². The molecule has 0 aliphatic carbocycles. The van der Waals surface area contributed by atoms with Gasteiger partial charge in [0.1, 0.15) is 30.3 Å². The molecule has 258 valence electrons. The Morgan fingerprint density at radius 2 is 1.29 bits per heavy atom. The number of nitrogens with zero attached hydrogens (tertiary/aromatic N) is 1. The molecule has 5 rings (SSSR count). The number of carbonyl (C=O) groups is 5. The van der Waals surface area contributed by atoms with E-state index >= 15 is 0 Å². The molecular weight excluding hydrogens is 695 g/mol. The third-order valence-electron chi connectivity index (χ3n) is 7.96. The average Bonchev–Trinajstić information content (AvgIpc) is 3.50. The third kappa shape index (κ3) is 5.76. The van der Waals surface area contributed by atoms with Crippen LogP contribution in [0.15, 0.2) is 67.7 Å². The molecule has 3 heterocycles. The quantitative estimate of drug-likeness (QED) is 0.255. The van der Waals surface area contributed by atoms with Crippen LogP contribution in [0.25, 0.3) is 5.57 Å². The number of hydrogen-bond donors (Lipinski definition) is 0. The predicted molar refractivity (Wildman–Crippen MR) is 186 cm³/mol. The fraction of sp³-hybridized carbons (Fsp3) is 0.324. The van der Waals surface area contributed by atoms with Crippen molar-refractivity contribution in [3.8, 4) is 11.5 Å². The van der Waals surface area contributed by atoms with E-state index in [1.165, 1.54) is 14.2 Å². The predicted octanol–water partition coefficient (Wildman–Crippen LogP) is 5.32. The zero-order chi connectivity index (χ0) is 35.8. The van der Waals surface area contributed by atoms with Crippen molar-refractivity contribution in [2.75, 3.05) is 47.1 Å². The first-order valence-electron chi connectivity index (χ1n) is 14.7. The monoisotopic (exact) mass is 727 g/mol. The number of amides is 1. The van der Waals surface area contributed by atoms with Crippen molar-refractivity contribution in [3.05, 3.63) is 78.8 Å². The molecule has 49 heavy (non-hydrogen) atoms. The summed E-state index contributed by atoms with van der Waals surface area (Å²) >= 11 is 2.66. The maximum Gasteiger partial charge on any atom is 0.345 e. The van der Waals surface area contributed by atoms with Gasteiger partial charge in [-0.05, 0) is 51.1 Å².